The summed E-state index contributed by atoms with van der Waals surface area (Å²) < 4.78 is 5.88. The molecule has 0 spiro atoms. The van der Waals surface area contributed by atoms with Gasteiger partial charge in [-0.1, -0.05) is 56.3 Å². The quantitative estimate of drug-likeness (QED) is 0.683. The second-order valence-corrected chi connectivity index (χ2v) is 7.54. The summed E-state index contributed by atoms with van der Waals surface area (Å²) in [5.41, 5.74) is 1.47. The minimum atomic E-state index is -0.806. The standard InChI is InChI=1S/C24H29N3O4/c1-3-18(4-2)26-24(30)21-16-27(19-12-8-9-13-20(19)31-21)23(29)15-25-22(28)14-17-10-6-5-7-11-17/h5-13,18,21H,3-4,14-16H2,1-2H3,(H,25,28)(H,26,30). The number of carbonyl (C=O) groups is 3. The zero-order valence-corrected chi connectivity index (χ0v) is 18.0. The van der Waals surface area contributed by atoms with Crippen LogP contribution in [-0.2, 0) is 20.8 Å². The van der Waals surface area contributed by atoms with Crippen molar-refractivity contribution in [2.24, 2.45) is 0 Å². The number of benzene rings is 2. The molecule has 0 aliphatic carbocycles. The van der Waals surface area contributed by atoms with Crippen molar-refractivity contribution in [3.8, 4) is 5.75 Å². The molecule has 0 saturated carbocycles. The maximum absolute atomic E-state index is 12.9. The second kappa shape index (κ2) is 10.6. The van der Waals surface area contributed by atoms with Gasteiger partial charge in [0.1, 0.15) is 5.75 Å². The van der Waals surface area contributed by atoms with Crippen molar-refractivity contribution in [1.29, 1.82) is 0 Å². The molecule has 1 unspecified atom stereocenters. The van der Waals surface area contributed by atoms with Gasteiger partial charge in [-0.25, -0.2) is 0 Å². The topological polar surface area (TPSA) is 87.7 Å². The number of amides is 3. The summed E-state index contributed by atoms with van der Waals surface area (Å²) >= 11 is 0. The van der Waals surface area contributed by atoms with Crippen LogP contribution < -0.4 is 20.3 Å². The van der Waals surface area contributed by atoms with Gasteiger partial charge in [0.25, 0.3) is 5.91 Å². The van der Waals surface area contributed by atoms with Crippen LogP contribution in [0, 0.1) is 0 Å². The predicted molar refractivity (Wildman–Crippen MR) is 119 cm³/mol. The van der Waals surface area contributed by atoms with E-state index in [4.69, 9.17) is 4.74 Å². The summed E-state index contributed by atoms with van der Waals surface area (Å²) in [6.45, 7) is 3.97. The van der Waals surface area contributed by atoms with E-state index in [1.54, 1.807) is 24.3 Å². The maximum atomic E-state index is 12.9. The first-order valence-electron chi connectivity index (χ1n) is 10.7. The zero-order chi connectivity index (χ0) is 22.2. The normalized spacial score (nSPS) is 15.1. The van der Waals surface area contributed by atoms with Gasteiger partial charge in [0.15, 0.2) is 6.10 Å². The molecule has 164 valence electrons. The number of hydrogen-bond donors (Lipinski definition) is 2. The van der Waals surface area contributed by atoms with E-state index in [0.717, 1.165) is 18.4 Å². The third-order valence-electron chi connectivity index (χ3n) is 5.34. The molecule has 3 rings (SSSR count). The third kappa shape index (κ3) is 5.84. The van der Waals surface area contributed by atoms with E-state index in [9.17, 15) is 14.4 Å². The van der Waals surface area contributed by atoms with Crippen LogP contribution in [0.3, 0.4) is 0 Å². The van der Waals surface area contributed by atoms with Gasteiger partial charge >= 0.3 is 0 Å². The van der Waals surface area contributed by atoms with Gasteiger partial charge in [0, 0.05) is 6.04 Å². The number of ether oxygens (including phenoxy) is 1. The Balaban J connectivity index is 1.66. The Kier molecular flexibility index (Phi) is 7.65. The van der Waals surface area contributed by atoms with E-state index in [2.05, 4.69) is 10.6 Å². The molecule has 7 nitrogen and oxygen atoms in total. The highest BCUT2D eigenvalue weighted by Gasteiger charge is 2.34. The van der Waals surface area contributed by atoms with Gasteiger partial charge in [0.2, 0.25) is 11.8 Å². The number of rotatable bonds is 8. The van der Waals surface area contributed by atoms with Gasteiger partial charge in [0.05, 0.1) is 25.2 Å². The van der Waals surface area contributed by atoms with Crippen molar-refractivity contribution in [2.45, 2.75) is 45.3 Å². The van der Waals surface area contributed by atoms with Crippen molar-refractivity contribution >= 4 is 23.4 Å². The number of nitrogens with one attached hydrogen (secondary N) is 2. The molecule has 2 N–H and O–H groups in total. The summed E-state index contributed by atoms with van der Waals surface area (Å²) in [5, 5.41) is 5.66. The van der Waals surface area contributed by atoms with E-state index < -0.39 is 6.10 Å². The average Bonchev–Trinajstić information content (AvgIpc) is 2.80. The summed E-state index contributed by atoms with van der Waals surface area (Å²) in [6.07, 6.45) is 1.04. The number of para-hydroxylation sites is 2. The van der Waals surface area contributed by atoms with E-state index >= 15 is 0 Å². The van der Waals surface area contributed by atoms with E-state index in [1.807, 2.05) is 44.2 Å². The minimum Gasteiger partial charge on any atom is -0.477 e. The summed E-state index contributed by atoms with van der Waals surface area (Å²) in [4.78, 5) is 39.4. The van der Waals surface area contributed by atoms with Crippen molar-refractivity contribution in [3.05, 3.63) is 60.2 Å². The van der Waals surface area contributed by atoms with Crippen LogP contribution in [0.25, 0.3) is 0 Å². The zero-order valence-electron chi connectivity index (χ0n) is 18.0. The van der Waals surface area contributed by atoms with Gasteiger partial charge in [-0.05, 0) is 30.5 Å². The number of nitrogens with zero attached hydrogens (tertiary/aromatic N) is 1. The molecule has 1 aliphatic rings. The van der Waals surface area contributed by atoms with Gasteiger partial charge in [-0.3, -0.25) is 14.4 Å². The van der Waals surface area contributed by atoms with Crippen molar-refractivity contribution in [1.82, 2.24) is 10.6 Å². The lowest BCUT2D eigenvalue weighted by molar-refractivity contribution is -0.129. The lowest BCUT2D eigenvalue weighted by Gasteiger charge is -2.34. The van der Waals surface area contributed by atoms with Crippen molar-refractivity contribution in [3.63, 3.8) is 0 Å². The molecule has 0 fully saturated rings. The van der Waals surface area contributed by atoms with Gasteiger partial charge in [-0.15, -0.1) is 0 Å². The Morgan fingerprint density at radius 1 is 1.03 bits per heavy atom. The molecule has 3 amide bonds. The molecule has 7 heteroatoms. The van der Waals surface area contributed by atoms with E-state index in [1.165, 1.54) is 4.90 Å². The summed E-state index contributed by atoms with van der Waals surface area (Å²) in [5.74, 6) is -0.293. The number of carbonyl (C=O) groups excluding carboxylic acids is 3. The number of anilines is 1. The molecule has 0 bridgehead atoms. The first-order chi connectivity index (χ1) is 15.0. The first-order valence-corrected chi connectivity index (χ1v) is 10.7. The fourth-order valence-electron chi connectivity index (χ4n) is 3.51. The minimum absolute atomic E-state index is 0.0645. The lowest BCUT2D eigenvalue weighted by atomic mass is 10.1. The van der Waals surface area contributed by atoms with Gasteiger partial charge < -0.3 is 20.3 Å². The monoisotopic (exact) mass is 423 g/mol. The smallest absolute Gasteiger partial charge is 0.263 e. The molecule has 1 atom stereocenters. The Morgan fingerprint density at radius 3 is 2.42 bits per heavy atom. The van der Waals surface area contributed by atoms with Crippen LogP contribution in [0.2, 0.25) is 0 Å². The molecule has 1 heterocycles. The molecular formula is C24H29N3O4. The molecule has 2 aromatic rings. The van der Waals surface area contributed by atoms with Crippen LogP contribution in [0.1, 0.15) is 32.3 Å². The summed E-state index contributed by atoms with van der Waals surface area (Å²) in [7, 11) is 0. The Morgan fingerprint density at radius 2 is 1.71 bits per heavy atom. The molecule has 0 radical (unpaired) electrons. The Labute approximate surface area is 182 Å². The summed E-state index contributed by atoms with van der Waals surface area (Å²) in [6, 6.07) is 16.5. The Bertz CT molecular complexity index is 912. The van der Waals surface area contributed by atoms with Crippen LogP contribution in [0.5, 0.6) is 5.75 Å². The fourth-order valence-corrected chi connectivity index (χ4v) is 3.51. The molecule has 31 heavy (non-hydrogen) atoms. The predicted octanol–water partition coefficient (Wildman–Crippen LogP) is 2.44. The van der Waals surface area contributed by atoms with Crippen LogP contribution in [0.15, 0.2) is 54.6 Å². The number of hydrogen-bond acceptors (Lipinski definition) is 4. The third-order valence-corrected chi connectivity index (χ3v) is 5.34. The lowest BCUT2D eigenvalue weighted by Crippen LogP contribution is -2.54. The first kappa shape index (κ1) is 22.3. The van der Waals surface area contributed by atoms with Gasteiger partial charge in [-0.2, -0.15) is 0 Å². The highest BCUT2D eigenvalue weighted by molar-refractivity contribution is 5.99. The van der Waals surface area contributed by atoms with Crippen LogP contribution in [0.4, 0.5) is 5.69 Å². The average molecular weight is 424 g/mol. The molecule has 0 saturated heterocycles. The molecule has 2 aromatic carbocycles. The van der Waals surface area contributed by atoms with E-state index in [-0.39, 0.29) is 43.3 Å². The second-order valence-electron chi connectivity index (χ2n) is 7.54. The fraction of sp³-hybridized carbons (Fsp3) is 0.375. The number of fused-ring (bicyclic) bond motifs is 1. The van der Waals surface area contributed by atoms with Crippen LogP contribution >= 0.6 is 0 Å². The Hall–Kier alpha value is -3.35. The molecule has 0 aromatic heterocycles. The van der Waals surface area contributed by atoms with Crippen molar-refractivity contribution < 1.29 is 19.1 Å². The van der Waals surface area contributed by atoms with Crippen LogP contribution in [-0.4, -0.2) is 43.0 Å². The largest absolute Gasteiger partial charge is 0.477 e. The highest BCUT2D eigenvalue weighted by atomic mass is 16.5. The van der Waals surface area contributed by atoms with E-state index in [0.29, 0.717) is 11.4 Å². The molecular weight excluding hydrogens is 394 g/mol. The maximum Gasteiger partial charge on any atom is 0.263 e. The SMILES string of the molecule is CCC(CC)NC(=O)C1CN(C(=O)CNC(=O)Cc2ccccc2)c2ccccc2O1. The molecule has 1 aliphatic heterocycles. The van der Waals surface area contributed by atoms with Crippen molar-refractivity contribution in [2.75, 3.05) is 18.0 Å². The highest BCUT2D eigenvalue weighted by Crippen LogP contribution is 2.33.